The number of carbonyl (C=O) groups is 1. The predicted octanol–water partition coefficient (Wildman–Crippen LogP) is 1.94. The molecule has 156 valence electrons. The average Bonchev–Trinajstić information content (AvgIpc) is 3.19. The molecular weight excluding hydrogens is 382 g/mol. The van der Waals surface area contributed by atoms with Gasteiger partial charge < -0.3 is 9.64 Å². The quantitative estimate of drug-likeness (QED) is 0.657. The Morgan fingerprint density at radius 3 is 2.77 bits per heavy atom. The normalized spacial score (nSPS) is 28.8. The zero-order valence-corrected chi connectivity index (χ0v) is 17.0. The van der Waals surface area contributed by atoms with E-state index >= 15 is 0 Å². The molecule has 9 heteroatoms. The predicted molar refractivity (Wildman–Crippen MR) is 107 cm³/mol. The lowest BCUT2D eigenvalue weighted by atomic mass is 9.77. The van der Waals surface area contributed by atoms with E-state index in [-0.39, 0.29) is 18.1 Å². The molecule has 9 nitrogen and oxygen atoms in total. The van der Waals surface area contributed by atoms with Crippen molar-refractivity contribution in [1.82, 2.24) is 34.3 Å². The smallest absolute Gasteiger partial charge is 0.274 e. The average molecular weight is 407 g/mol. The van der Waals surface area contributed by atoms with Crippen molar-refractivity contribution in [2.75, 3.05) is 20.2 Å². The lowest BCUT2D eigenvalue weighted by molar-refractivity contribution is -0.00546. The van der Waals surface area contributed by atoms with E-state index in [1.54, 1.807) is 23.9 Å². The van der Waals surface area contributed by atoms with E-state index in [1.165, 1.54) is 12.8 Å². The number of rotatable bonds is 4. The molecule has 3 aromatic heterocycles. The van der Waals surface area contributed by atoms with E-state index in [9.17, 15) is 4.79 Å². The highest BCUT2D eigenvalue weighted by molar-refractivity contribution is 5.93. The molecule has 0 bridgehead atoms. The van der Waals surface area contributed by atoms with Crippen LogP contribution < -0.4 is 0 Å². The zero-order valence-electron chi connectivity index (χ0n) is 17.0. The van der Waals surface area contributed by atoms with E-state index in [0.29, 0.717) is 29.2 Å². The summed E-state index contributed by atoms with van der Waals surface area (Å²) in [6.45, 7) is 1.50. The van der Waals surface area contributed by atoms with Gasteiger partial charge in [0.05, 0.1) is 17.8 Å². The number of imidazole rings is 1. The maximum atomic E-state index is 13.1. The molecule has 1 aliphatic heterocycles. The van der Waals surface area contributed by atoms with Gasteiger partial charge in [-0.2, -0.15) is 0 Å². The molecule has 0 spiro atoms. The lowest BCUT2D eigenvalue weighted by Crippen LogP contribution is -2.37. The second-order valence-corrected chi connectivity index (χ2v) is 8.89. The van der Waals surface area contributed by atoms with E-state index in [4.69, 9.17) is 4.74 Å². The van der Waals surface area contributed by atoms with Gasteiger partial charge in [0.1, 0.15) is 5.69 Å². The maximum Gasteiger partial charge on any atom is 0.274 e. The van der Waals surface area contributed by atoms with Crippen LogP contribution in [0.1, 0.15) is 53.8 Å². The number of hydrogen-bond donors (Lipinski definition) is 0. The van der Waals surface area contributed by atoms with Gasteiger partial charge in [0, 0.05) is 50.9 Å². The van der Waals surface area contributed by atoms with Crippen LogP contribution in [0.3, 0.4) is 0 Å². The Bertz CT molecular complexity index is 1050. The molecule has 1 amide bonds. The van der Waals surface area contributed by atoms with Gasteiger partial charge in [0.15, 0.2) is 0 Å². The minimum Gasteiger partial charge on any atom is -0.379 e. The third kappa shape index (κ3) is 2.99. The molecule has 3 fully saturated rings. The summed E-state index contributed by atoms with van der Waals surface area (Å²) in [6.07, 6.45) is 11.8. The summed E-state index contributed by atoms with van der Waals surface area (Å²) in [4.78, 5) is 23.7. The van der Waals surface area contributed by atoms with Gasteiger partial charge in [0.2, 0.25) is 5.78 Å². The van der Waals surface area contributed by atoms with Crippen LogP contribution >= 0.6 is 0 Å². The number of fused-ring (bicyclic) bond motifs is 2. The third-order valence-electron chi connectivity index (χ3n) is 6.99. The largest absolute Gasteiger partial charge is 0.379 e. The van der Waals surface area contributed by atoms with Crippen molar-refractivity contribution < 1.29 is 9.53 Å². The number of nitrogens with zero attached hydrogens (tertiary/aromatic N) is 7. The van der Waals surface area contributed by atoms with Crippen LogP contribution in [0.15, 0.2) is 30.9 Å². The lowest BCUT2D eigenvalue weighted by Gasteiger charge is -2.36. The molecule has 6 rings (SSSR count). The second-order valence-electron chi connectivity index (χ2n) is 8.89. The highest BCUT2D eigenvalue weighted by atomic mass is 16.5. The fraction of sp³-hybridized carbons (Fsp3) is 0.571. The number of likely N-dealkylation sites (tertiary alicyclic amines) is 1. The fourth-order valence-electron chi connectivity index (χ4n) is 5.20. The fourth-order valence-corrected chi connectivity index (χ4v) is 5.20. The Hall–Kier alpha value is -2.81. The van der Waals surface area contributed by atoms with Crippen molar-refractivity contribution in [1.29, 1.82) is 0 Å². The van der Waals surface area contributed by atoms with Crippen LogP contribution in [0.5, 0.6) is 0 Å². The number of hydrogen-bond acceptors (Lipinski definition) is 6. The van der Waals surface area contributed by atoms with Crippen molar-refractivity contribution in [3.05, 3.63) is 42.2 Å². The first-order valence-electron chi connectivity index (χ1n) is 10.7. The summed E-state index contributed by atoms with van der Waals surface area (Å²) in [5.74, 6) is 2.01. The molecule has 0 unspecified atom stereocenters. The Kier molecular flexibility index (Phi) is 4.12. The van der Waals surface area contributed by atoms with Gasteiger partial charge >= 0.3 is 0 Å². The van der Waals surface area contributed by atoms with Crippen LogP contribution in [0.2, 0.25) is 0 Å². The number of methoxy groups -OCH3 is 1. The molecule has 3 aliphatic rings. The number of aromatic nitrogens is 6. The molecule has 3 aromatic rings. The molecule has 4 atom stereocenters. The zero-order chi connectivity index (χ0) is 20.2. The monoisotopic (exact) mass is 407 g/mol. The molecule has 0 aromatic carbocycles. The number of ether oxygens (including phenoxy) is 1. The van der Waals surface area contributed by atoms with E-state index in [1.807, 2.05) is 21.8 Å². The summed E-state index contributed by atoms with van der Waals surface area (Å²) in [6, 6.07) is 2.00. The first kappa shape index (κ1) is 18.0. The Balaban J connectivity index is 1.20. The number of carbonyl (C=O) groups excluding carboxylic acids is 1. The highest BCUT2D eigenvalue weighted by Crippen LogP contribution is 2.43. The van der Waals surface area contributed by atoms with Gasteiger partial charge in [0.25, 0.3) is 5.91 Å². The van der Waals surface area contributed by atoms with Crippen molar-refractivity contribution in [3.8, 4) is 0 Å². The van der Waals surface area contributed by atoms with E-state index in [2.05, 4.69) is 26.5 Å². The summed E-state index contributed by atoms with van der Waals surface area (Å²) in [5.41, 5.74) is 1.56. The van der Waals surface area contributed by atoms with Crippen LogP contribution in [0, 0.1) is 11.8 Å². The molecule has 30 heavy (non-hydrogen) atoms. The minimum absolute atomic E-state index is 0.0165. The van der Waals surface area contributed by atoms with Crippen molar-refractivity contribution in [3.63, 3.8) is 0 Å². The van der Waals surface area contributed by atoms with Crippen LogP contribution in [0.4, 0.5) is 0 Å². The van der Waals surface area contributed by atoms with Crippen LogP contribution in [0.25, 0.3) is 5.78 Å². The van der Waals surface area contributed by atoms with Crippen LogP contribution in [-0.4, -0.2) is 66.5 Å². The highest BCUT2D eigenvalue weighted by Gasteiger charge is 2.45. The second kappa shape index (κ2) is 6.87. The SMILES string of the molecule is CO[C@@H]1C[C@H]2CN(C(=O)c3cn4cccnc4n3)C[C@H]2C[C@H]1n1cc(C2CC2)nn1. The van der Waals surface area contributed by atoms with Crippen LogP contribution in [-0.2, 0) is 4.74 Å². The standard InChI is InChI=1S/C21H25N7O2/c1-30-19-8-15-10-27(20(29)17-11-26-6-2-5-22-21(26)23-17)9-14(15)7-18(19)28-12-16(24-25-28)13-3-4-13/h2,5-6,11-15,18-19H,3-4,7-10H2,1H3/t14-,15+,18-,19-/m1/s1. The van der Waals surface area contributed by atoms with Gasteiger partial charge in [-0.1, -0.05) is 5.21 Å². The summed E-state index contributed by atoms with van der Waals surface area (Å²) >= 11 is 0. The molecule has 2 aliphatic carbocycles. The van der Waals surface area contributed by atoms with Gasteiger partial charge in [-0.25, -0.2) is 14.6 Å². The topological polar surface area (TPSA) is 90.4 Å². The molecule has 0 radical (unpaired) electrons. The Morgan fingerprint density at radius 2 is 2.00 bits per heavy atom. The van der Waals surface area contributed by atoms with Crippen molar-refractivity contribution >= 4 is 11.7 Å². The summed E-state index contributed by atoms with van der Waals surface area (Å²) in [5, 5.41) is 8.81. The molecule has 1 saturated heterocycles. The van der Waals surface area contributed by atoms with Crippen molar-refractivity contribution in [2.24, 2.45) is 11.8 Å². The first-order valence-corrected chi connectivity index (χ1v) is 10.7. The maximum absolute atomic E-state index is 13.1. The molecule has 4 heterocycles. The van der Waals surface area contributed by atoms with Gasteiger partial charge in [-0.3, -0.25) is 9.20 Å². The molecule has 0 N–H and O–H groups in total. The van der Waals surface area contributed by atoms with Gasteiger partial charge in [-0.05, 0) is 43.6 Å². The third-order valence-corrected chi connectivity index (χ3v) is 6.99. The summed E-state index contributed by atoms with van der Waals surface area (Å²) < 4.78 is 9.65. The molecular formula is C21H25N7O2. The Labute approximate surface area is 174 Å². The Morgan fingerprint density at radius 1 is 1.17 bits per heavy atom. The van der Waals surface area contributed by atoms with E-state index < -0.39 is 0 Å². The van der Waals surface area contributed by atoms with Crippen molar-refractivity contribution in [2.45, 2.75) is 43.7 Å². The molecule has 2 saturated carbocycles. The summed E-state index contributed by atoms with van der Waals surface area (Å²) in [7, 11) is 1.78. The minimum atomic E-state index is -0.0165. The van der Waals surface area contributed by atoms with E-state index in [0.717, 1.165) is 31.6 Å². The first-order chi connectivity index (χ1) is 14.7. The number of amides is 1. The van der Waals surface area contributed by atoms with Gasteiger partial charge in [-0.15, -0.1) is 5.10 Å².